The highest BCUT2D eigenvalue weighted by Crippen LogP contribution is 2.25. The van der Waals surface area contributed by atoms with E-state index in [0.29, 0.717) is 12.1 Å². The number of hydrogen-bond donors (Lipinski definition) is 1. The van der Waals surface area contributed by atoms with Crippen molar-refractivity contribution in [3.05, 3.63) is 76.8 Å². The van der Waals surface area contributed by atoms with Gasteiger partial charge in [0, 0.05) is 18.3 Å². The van der Waals surface area contributed by atoms with Gasteiger partial charge in [0.1, 0.15) is 0 Å². The van der Waals surface area contributed by atoms with Crippen molar-refractivity contribution in [2.45, 2.75) is 26.3 Å². The summed E-state index contributed by atoms with van der Waals surface area (Å²) in [5.41, 5.74) is 3.92. The van der Waals surface area contributed by atoms with Crippen LogP contribution in [0.25, 0.3) is 10.6 Å². The smallest absolute Gasteiger partial charge is 0.251 e. The number of aryl methyl sites for hydroxylation is 1. The van der Waals surface area contributed by atoms with E-state index in [1.54, 1.807) is 17.5 Å². The van der Waals surface area contributed by atoms with Crippen molar-refractivity contribution < 1.29 is 4.79 Å². The van der Waals surface area contributed by atoms with E-state index >= 15 is 0 Å². The lowest BCUT2D eigenvalue weighted by atomic mass is 10.1. The minimum Gasteiger partial charge on any atom is -0.348 e. The van der Waals surface area contributed by atoms with Crippen LogP contribution in [0.2, 0.25) is 0 Å². The minimum absolute atomic E-state index is 0.0565. The second-order valence-corrected chi connectivity index (χ2v) is 6.57. The lowest BCUT2D eigenvalue weighted by molar-refractivity contribution is 0.0951. The highest BCUT2D eigenvalue weighted by atomic mass is 32.1. The standard InChI is InChI=1S/C20H20N2OS/c1-2-5-15-8-10-16(11-9-15)20(23)22-14-17-6-3-12-21-19(17)18-7-4-13-24-18/h3-4,6-13H,2,5,14H2,1H3,(H,22,23). The molecule has 0 bridgehead atoms. The molecule has 0 fully saturated rings. The van der Waals surface area contributed by atoms with Gasteiger partial charge in [-0.1, -0.05) is 37.6 Å². The van der Waals surface area contributed by atoms with E-state index in [9.17, 15) is 4.79 Å². The number of carbonyl (C=O) groups is 1. The van der Waals surface area contributed by atoms with Gasteiger partial charge in [-0.15, -0.1) is 11.3 Å². The number of benzene rings is 1. The Morgan fingerprint density at radius 1 is 1.12 bits per heavy atom. The second kappa shape index (κ2) is 7.88. The van der Waals surface area contributed by atoms with Crippen molar-refractivity contribution in [2.24, 2.45) is 0 Å². The van der Waals surface area contributed by atoms with E-state index in [1.165, 1.54) is 5.56 Å². The van der Waals surface area contributed by atoms with E-state index in [-0.39, 0.29) is 5.91 Å². The van der Waals surface area contributed by atoms with E-state index in [1.807, 2.05) is 53.9 Å². The molecule has 0 unspecified atom stereocenters. The van der Waals surface area contributed by atoms with Crippen LogP contribution in [-0.2, 0) is 13.0 Å². The third-order valence-corrected chi connectivity index (χ3v) is 4.72. The van der Waals surface area contributed by atoms with Crippen molar-refractivity contribution in [1.82, 2.24) is 10.3 Å². The number of thiophene rings is 1. The summed E-state index contributed by atoms with van der Waals surface area (Å²) in [4.78, 5) is 17.9. The average Bonchev–Trinajstić information content (AvgIpc) is 3.15. The van der Waals surface area contributed by atoms with Gasteiger partial charge < -0.3 is 5.32 Å². The molecule has 0 atom stereocenters. The summed E-state index contributed by atoms with van der Waals surface area (Å²) in [5.74, 6) is -0.0565. The predicted octanol–water partition coefficient (Wildman–Crippen LogP) is 4.69. The zero-order chi connectivity index (χ0) is 16.8. The Morgan fingerprint density at radius 3 is 2.67 bits per heavy atom. The van der Waals surface area contributed by atoms with Crippen molar-refractivity contribution in [2.75, 3.05) is 0 Å². The molecule has 0 saturated heterocycles. The molecule has 0 radical (unpaired) electrons. The van der Waals surface area contributed by atoms with Crippen molar-refractivity contribution in [3.63, 3.8) is 0 Å². The molecule has 0 aliphatic heterocycles. The van der Waals surface area contributed by atoms with E-state index < -0.39 is 0 Å². The van der Waals surface area contributed by atoms with Crippen LogP contribution in [-0.4, -0.2) is 10.9 Å². The first kappa shape index (κ1) is 16.4. The van der Waals surface area contributed by atoms with Gasteiger partial charge >= 0.3 is 0 Å². The summed E-state index contributed by atoms with van der Waals surface area (Å²) in [7, 11) is 0. The highest BCUT2D eigenvalue weighted by molar-refractivity contribution is 7.13. The highest BCUT2D eigenvalue weighted by Gasteiger charge is 2.10. The third kappa shape index (κ3) is 3.89. The van der Waals surface area contributed by atoms with Crippen LogP contribution in [0.1, 0.15) is 34.8 Å². The Bertz CT molecular complexity index is 795. The molecular weight excluding hydrogens is 316 g/mol. The van der Waals surface area contributed by atoms with Gasteiger partial charge in [0.25, 0.3) is 5.91 Å². The number of carbonyl (C=O) groups excluding carboxylic acids is 1. The maximum absolute atomic E-state index is 12.4. The van der Waals surface area contributed by atoms with Crippen LogP contribution in [0.3, 0.4) is 0 Å². The van der Waals surface area contributed by atoms with E-state index in [4.69, 9.17) is 0 Å². The summed E-state index contributed by atoms with van der Waals surface area (Å²) in [6, 6.07) is 15.8. The fourth-order valence-electron chi connectivity index (χ4n) is 2.61. The van der Waals surface area contributed by atoms with Crippen molar-refractivity contribution in [1.29, 1.82) is 0 Å². The summed E-state index contributed by atoms with van der Waals surface area (Å²) < 4.78 is 0. The molecule has 0 aliphatic rings. The fraction of sp³-hybridized carbons (Fsp3) is 0.200. The zero-order valence-corrected chi connectivity index (χ0v) is 14.5. The Morgan fingerprint density at radius 2 is 1.96 bits per heavy atom. The zero-order valence-electron chi connectivity index (χ0n) is 13.7. The largest absolute Gasteiger partial charge is 0.348 e. The lowest BCUT2D eigenvalue weighted by Crippen LogP contribution is -2.23. The number of nitrogens with one attached hydrogen (secondary N) is 1. The predicted molar refractivity (Wildman–Crippen MR) is 99.2 cm³/mol. The molecule has 3 nitrogen and oxygen atoms in total. The van der Waals surface area contributed by atoms with E-state index in [2.05, 4.69) is 17.2 Å². The first-order chi connectivity index (χ1) is 11.8. The molecule has 3 aromatic rings. The molecule has 0 aliphatic carbocycles. The molecule has 122 valence electrons. The Hall–Kier alpha value is -2.46. The molecule has 1 amide bonds. The van der Waals surface area contributed by atoms with Crippen LogP contribution in [0.5, 0.6) is 0 Å². The second-order valence-electron chi connectivity index (χ2n) is 5.62. The molecule has 1 N–H and O–H groups in total. The van der Waals surface area contributed by atoms with Crippen LogP contribution in [0.4, 0.5) is 0 Å². The van der Waals surface area contributed by atoms with Gasteiger partial charge in [-0.25, -0.2) is 0 Å². The summed E-state index contributed by atoms with van der Waals surface area (Å²) in [6.45, 7) is 2.62. The Labute approximate surface area is 146 Å². The molecule has 0 spiro atoms. The summed E-state index contributed by atoms with van der Waals surface area (Å²) in [5, 5.41) is 5.03. The van der Waals surface area contributed by atoms with Crippen LogP contribution in [0.15, 0.2) is 60.1 Å². The first-order valence-electron chi connectivity index (χ1n) is 8.13. The maximum Gasteiger partial charge on any atom is 0.251 e. The molecule has 3 rings (SSSR count). The van der Waals surface area contributed by atoms with Gasteiger partial charge in [0.15, 0.2) is 0 Å². The number of aromatic nitrogens is 1. The maximum atomic E-state index is 12.4. The lowest BCUT2D eigenvalue weighted by Gasteiger charge is -2.09. The van der Waals surface area contributed by atoms with Crippen LogP contribution >= 0.6 is 11.3 Å². The number of hydrogen-bond acceptors (Lipinski definition) is 3. The molecule has 1 aromatic carbocycles. The molecule has 2 heterocycles. The number of rotatable bonds is 6. The number of amides is 1. The molecule has 0 saturated carbocycles. The Balaban J connectivity index is 1.69. The van der Waals surface area contributed by atoms with Crippen molar-refractivity contribution in [3.8, 4) is 10.6 Å². The monoisotopic (exact) mass is 336 g/mol. The summed E-state index contributed by atoms with van der Waals surface area (Å²) in [6.07, 6.45) is 3.94. The van der Waals surface area contributed by atoms with Gasteiger partial charge in [0.2, 0.25) is 0 Å². The fourth-order valence-corrected chi connectivity index (χ4v) is 3.36. The Kier molecular flexibility index (Phi) is 5.39. The van der Waals surface area contributed by atoms with Gasteiger partial charge in [-0.05, 0) is 47.2 Å². The molecular formula is C20H20N2OS. The summed E-state index contributed by atoms with van der Waals surface area (Å²) >= 11 is 1.65. The number of pyridine rings is 1. The van der Waals surface area contributed by atoms with Gasteiger partial charge in [-0.3, -0.25) is 9.78 Å². The molecule has 4 heteroatoms. The first-order valence-corrected chi connectivity index (χ1v) is 9.01. The topological polar surface area (TPSA) is 42.0 Å². The third-order valence-electron chi connectivity index (χ3n) is 3.84. The normalized spacial score (nSPS) is 10.5. The quantitative estimate of drug-likeness (QED) is 0.709. The van der Waals surface area contributed by atoms with E-state index in [0.717, 1.165) is 29.0 Å². The van der Waals surface area contributed by atoms with Gasteiger partial charge in [0.05, 0.1) is 10.6 Å². The average molecular weight is 336 g/mol. The molecule has 24 heavy (non-hydrogen) atoms. The minimum atomic E-state index is -0.0565. The van der Waals surface area contributed by atoms with Crippen LogP contribution < -0.4 is 5.32 Å². The van der Waals surface area contributed by atoms with Gasteiger partial charge in [-0.2, -0.15) is 0 Å². The SMILES string of the molecule is CCCc1ccc(C(=O)NCc2cccnc2-c2cccs2)cc1. The molecule has 2 aromatic heterocycles. The van der Waals surface area contributed by atoms with Crippen molar-refractivity contribution >= 4 is 17.2 Å². The van der Waals surface area contributed by atoms with Crippen LogP contribution in [0, 0.1) is 0 Å². The number of nitrogens with zero attached hydrogens (tertiary/aromatic N) is 1.